The molecule has 7 nitrogen and oxygen atoms in total. The number of unbranched alkanes of at least 4 members (excludes halogenated alkanes) is 4. The Labute approximate surface area is 301 Å². The van der Waals surface area contributed by atoms with E-state index in [1.807, 2.05) is 12.1 Å². The van der Waals surface area contributed by atoms with Gasteiger partial charge in [0.25, 0.3) is 0 Å². The van der Waals surface area contributed by atoms with Crippen molar-refractivity contribution in [2.75, 3.05) is 13.2 Å². The van der Waals surface area contributed by atoms with E-state index in [9.17, 15) is 9.59 Å². The number of carbonyl (C=O) groups is 2. The van der Waals surface area contributed by atoms with Crippen LogP contribution < -0.4 is 14.9 Å². The Morgan fingerprint density at radius 2 is 1.53 bits per heavy atom. The lowest BCUT2D eigenvalue weighted by molar-refractivity contribution is -0.137. The molecule has 1 aliphatic carbocycles. The lowest BCUT2D eigenvalue weighted by Gasteiger charge is -2.11. The molecule has 0 amide bonds. The number of carbonyl (C=O) groups excluding carboxylic acids is 2. The zero-order valence-corrected chi connectivity index (χ0v) is 29.4. The number of hydrazone groups is 1. The molecule has 0 aromatic heterocycles. The summed E-state index contributed by atoms with van der Waals surface area (Å²) in [6.07, 6.45) is 11.7. The molecule has 0 saturated carbocycles. The highest BCUT2D eigenvalue weighted by molar-refractivity contribution is 5.93. The van der Waals surface area contributed by atoms with Crippen LogP contribution in [-0.2, 0) is 28.8 Å². The molecule has 0 atom stereocenters. The molecule has 0 bridgehead atoms. The summed E-state index contributed by atoms with van der Waals surface area (Å²) in [6, 6.07) is 29.5. The highest BCUT2D eigenvalue weighted by atomic mass is 16.5. The average molecular weight is 683 g/mol. The number of hydrogen-bond acceptors (Lipinski definition) is 7. The summed E-state index contributed by atoms with van der Waals surface area (Å²) >= 11 is 0. The van der Waals surface area contributed by atoms with Gasteiger partial charge in [-0.3, -0.25) is 0 Å². The molecule has 0 heterocycles. The molecule has 0 fully saturated rings. The highest BCUT2D eigenvalue weighted by Gasteiger charge is 2.20. The summed E-state index contributed by atoms with van der Waals surface area (Å²) < 4.78 is 16.7. The SMILES string of the molecule is C=CC(=O)OCCCCCCOc1ccc(C(=O)Oc2ccc(C#Cc3ccc(CCCC)cc3)cc2/C=N/NC2Cc3ccccc3C2)cc1. The molecule has 262 valence electrons. The van der Waals surface area contributed by atoms with Crippen molar-refractivity contribution < 1.29 is 23.8 Å². The highest BCUT2D eigenvalue weighted by Crippen LogP contribution is 2.23. The van der Waals surface area contributed by atoms with Crippen LogP contribution in [0.3, 0.4) is 0 Å². The second-order valence-corrected chi connectivity index (χ2v) is 12.6. The van der Waals surface area contributed by atoms with Crippen molar-refractivity contribution in [3.05, 3.63) is 143 Å². The van der Waals surface area contributed by atoms with Gasteiger partial charge in [-0.2, -0.15) is 5.10 Å². The van der Waals surface area contributed by atoms with Gasteiger partial charge in [-0.25, -0.2) is 9.59 Å². The van der Waals surface area contributed by atoms with Crippen molar-refractivity contribution in [3.8, 4) is 23.3 Å². The van der Waals surface area contributed by atoms with Crippen LogP contribution in [0.1, 0.15) is 89.2 Å². The van der Waals surface area contributed by atoms with E-state index in [4.69, 9.17) is 14.2 Å². The molecule has 4 aromatic carbocycles. The molecule has 5 rings (SSSR count). The first-order chi connectivity index (χ1) is 25.0. The third kappa shape index (κ3) is 11.8. The van der Waals surface area contributed by atoms with E-state index in [-0.39, 0.29) is 6.04 Å². The minimum atomic E-state index is -0.477. The third-order valence-corrected chi connectivity index (χ3v) is 8.66. The average Bonchev–Trinajstić information content (AvgIpc) is 3.58. The van der Waals surface area contributed by atoms with Crippen LogP contribution in [0.15, 0.2) is 109 Å². The quantitative estimate of drug-likeness (QED) is 0.0229. The van der Waals surface area contributed by atoms with Gasteiger partial charge in [0.15, 0.2) is 0 Å². The van der Waals surface area contributed by atoms with Crippen LogP contribution in [0, 0.1) is 11.8 Å². The maximum Gasteiger partial charge on any atom is 0.343 e. The molecule has 0 spiro atoms. The van der Waals surface area contributed by atoms with Crippen LogP contribution in [0.2, 0.25) is 0 Å². The van der Waals surface area contributed by atoms with Gasteiger partial charge in [-0.05, 0) is 123 Å². The molecule has 7 heteroatoms. The number of rotatable bonds is 17. The predicted octanol–water partition coefficient (Wildman–Crippen LogP) is 8.41. The molecule has 0 radical (unpaired) electrons. The number of nitrogens with one attached hydrogen (secondary N) is 1. The standard InChI is InChI=1S/C44H46N2O5/c1-3-5-12-33-15-17-34(18-16-33)19-20-35-21-26-42(39(29-35)32-45-46-40-30-37-13-8-9-14-38(37)31-40)51-44(48)36-22-24-41(25-23-36)49-27-10-6-7-11-28-50-43(47)4-2/h4,8-9,13-18,21-26,29,32,40,46H,2-3,5-7,10-12,27-28,30-31H2,1H3/b45-32+. The Morgan fingerprint density at radius 1 is 0.843 bits per heavy atom. The molecular formula is C44H46N2O5. The number of benzene rings is 4. The van der Waals surface area contributed by atoms with E-state index in [0.717, 1.165) is 56.1 Å². The molecule has 1 N–H and O–H groups in total. The zero-order valence-electron chi connectivity index (χ0n) is 29.4. The van der Waals surface area contributed by atoms with Crippen molar-refractivity contribution in [1.29, 1.82) is 0 Å². The van der Waals surface area contributed by atoms with Crippen molar-refractivity contribution in [2.45, 2.75) is 70.8 Å². The Hall–Kier alpha value is -5.61. The molecule has 0 aliphatic heterocycles. The van der Waals surface area contributed by atoms with Gasteiger partial charge in [0, 0.05) is 22.8 Å². The van der Waals surface area contributed by atoms with E-state index >= 15 is 0 Å². The maximum absolute atomic E-state index is 13.2. The number of nitrogens with zero attached hydrogens (tertiary/aromatic N) is 1. The van der Waals surface area contributed by atoms with Crippen LogP contribution in [0.5, 0.6) is 11.5 Å². The van der Waals surface area contributed by atoms with E-state index in [1.54, 1.807) is 36.5 Å². The van der Waals surface area contributed by atoms with E-state index in [0.29, 0.717) is 35.8 Å². The van der Waals surface area contributed by atoms with Gasteiger partial charge in [-0.15, -0.1) is 0 Å². The monoisotopic (exact) mass is 682 g/mol. The van der Waals surface area contributed by atoms with Gasteiger partial charge in [-0.1, -0.05) is 68.2 Å². The Kier molecular flexibility index (Phi) is 14.1. The Balaban J connectivity index is 1.20. The van der Waals surface area contributed by atoms with E-state index in [2.05, 4.69) is 84.4 Å². The number of hydrogen-bond donors (Lipinski definition) is 1. The van der Waals surface area contributed by atoms with Crippen LogP contribution in [0.4, 0.5) is 0 Å². The summed E-state index contributed by atoms with van der Waals surface area (Å²) in [5.41, 5.74) is 10.1. The topological polar surface area (TPSA) is 86.2 Å². The summed E-state index contributed by atoms with van der Waals surface area (Å²) in [5.74, 6) is 6.72. The van der Waals surface area contributed by atoms with E-state index < -0.39 is 11.9 Å². The lowest BCUT2D eigenvalue weighted by Crippen LogP contribution is -2.24. The largest absolute Gasteiger partial charge is 0.494 e. The van der Waals surface area contributed by atoms with Gasteiger partial charge >= 0.3 is 11.9 Å². The second-order valence-electron chi connectivity index (χ2n) is 12.6. The number of aryl methyl sites for hydroxylation is 1. The van der Waals surface area contributed by atoms with Crippen molar-refractivity contribution >= 4 is 18.2 Å². The molecule has 0 saturated heterocycles. The van der Waals surface area contributed by atoms with Crippen molar-refractivity contribution in [2.24, 2.45) is 5.10 Å². The second kappa shape index (κ2) is 19.5. The lowest BCUT2D eigenvalue weighted by atomic mass is 10.1. The van der Waals surface area contributed by atoms with Gasteiger partial charge in [0.2, 0.25) is 0 Å². The fourth-order valence-corrected chi connectivity index (χ4v) is 5.79. The normalized spacial score (nSPS) is 12.1. The van der Waals surface area contributed by atoms with Crippen molar-refractivity contribution in [1.82, 2.24) is 5.43 Å². The molecule has 4 aromatic rings. The van der Waals surface area contributed by atoms with Crippen LogP contribution >= 0.6 is 0 Å². The van der Waals surface area contributed by atoms with Crippen LogP contribution in [-0.4, -0.2) is 37.4 Å². The van der Waals surface area contributed by atoms with Gasteiger partial charge in [0.05, 0.1) is 31.0 Å². The fourth-order valence-electron chi connectivity index (χ4n) is 5.79. The first-order valence-corrected chi connectivity index (χ1v) is 17.9. The summed E-state index contributed by atoms with van der Waals surface area (Å²) in [6.45, 7) is 6.54. The van der Waals surface area contributed by atoms with Crippen LogP contribution in [0.25, 0.3) is 0 Å². The number of esters is 2. The van der Waals surface area contributed by atoms with Gasteiger partial charge < -0.3 is 19.6 Å². The molecular weight excluding hydrogens is 636 g/mol. The molecule has 1 aliphatic rings. The van der Waals surface area contributed by atoms with Gasteiger partial charge in [0.1, 0.15) is 11.5 Å². The fraction of sp³-hybridized carbons (Fsp3) is 0.295. The summed E-state index contributed by atoms with van der Waals surface area (Å²) in [4.78, 5) is 24.3. The molecule has 0 unspecified atom stereocenters. The molecule has 51 heavy (non-hydrogen) atoms. The predicted molar refractivity (Wildman–Crippen MR) is 202 cm³/mol. The first kappa shape index (κ1) is 36.7. The maximum atomic E-state index is 13.2. The zero-order chi connectivity index (χ0) is 35.7. The minimum absolute atomic E-state index is 0.197. The smallest absolute Gasteiger partial charge is 0.343 e. The van der Waals surface area contributed by atoms with Crippen molar-refractivity contribution in [3.63, 3.8) is 0 Å². The first-order valence-electron chi connectivity index (χ1n) is 17.9. The Morgan fingerprint density at radius 3 is 2.24 bits per heavy atom. The number of fused-ring (bicyclic) bond motifs is 1. The minimum Gasteiger partial charge on any atom is -0.494 e. The van der Waals surface area contributed by atoms with E-state index in [1.165, 1.54) is 35.6 Å². The summed E-state index contributed by atoms with van der Waals surface area (Å²) in [5, 5.41) is 4.56. The number of ether oxygens (including phenoxy) is 3. The summed E-state index contributed by atoms with van der Waals surface area (Å²) in [7, 11) is 0. The third-order valence-electron chi connectivity index (χ3n) is 8.66. The Bertz CT molecular complexity index is 1830.